The predicted molar refractivity (Wildman–Crippen MR) is 118 cm³/mol. The van der Waals surface area contributed by atoms with Gasteiger partial charge in [-0.1, -0.05) is 61.0 Å². The van der Waals surface area contributed by atoms with Crippen molar-refractivity contribution in [3.05, 3.63) is 94.8 Å². The maximum atomic E-state index is 12.9. The maximum absolute atomic E-state index is 12.9. The minimum atomic E-state index is -0.0635. The molecule has 0 aliphatic carbocycles. The summed E-state index contributed by atoms with van der Waals surface area (Å²) in [5.41, 5.74) is 4.93. The molecule has 1 heterocycles. The molecule has 5 heteroatoms. The van der Waals surface area contributed by atoms with Crippen molar-refractivity contribution in [3.8, 4) is 0 Å². The molecule has 1 amide bonds. The van der Waals surface area contributed by atoms with E-state index in [1.165, 1.54) is 0 Å². The zero-order chi connectivity index (χ0) is 20.2. The molecule has 4 nitrogen and oxygen atoms in total. The average molecular weight is 404 g/mol. The molecular formula is C24H22ClN3O. The lowest BCUT2D eigenvalue weighted by Crippen LogP contribution is -2.21. The summed E-state index contributed by atoms with van der Waals surface area (Å²) in [6, 6.07) is 23.5. The number of amides is 1. The van der Waals surface area contributed by atoms with Gasteiger partial charge in [0, 0.05) is 17.1 Å². The van der Waals surface area contributed by atoms with Gasteiger partial charge in [0.25, 0.3) is 0 Å². The largest absolute Gasteiger partial charge is 0.324 e. The third kappa shape index (κ3) is 4.33. The second kappa shape index (κ2) is 8.50. The number of para-hydroxylation sites is 3. The van der Waals surface area contributed by atoms with E-state index in [2.05, 4.69) is 12.2 Å². The first-order valence-electron chi connectivity index (χ1n) is 9.70. The molecule has 0 saturated carbocycles. The van der Waals surface area contributed by atoms with Crippen molar-refractivity contribution in [2.45, 2.75) is 26.3 Å². The van der Waals surface area contributed by atoms with Gasteiger partial charge in [0.05, 0.1) is 11.0 Å². The molecule has 4 rings (SSSR count). The van der Waals surface area contributed by atoms with E-state index in [4.69, 9.17) is 16.6 Å². The summed E-state index contributed by atoms with van der Waals surface area (Å²) in [6.07, 6.45) is 1.50. The lowest BCUT2D eigenvalue weighted by Gasteiger charge is -2.12. The third-order valence-corrected chi connectivity index (χ3v) is 5.24. The van der Waals surface area contributed by atoms with Crippen LogP contribution in [0.1, 0.15) is 23.9 Å². The molecule has 0 spiro atoms. The highest BCUT2D eigenvalue weighted by atomic mass is 35.5. The maximum Gasteiger partial charge on any atom is 0.244 e. The molecule has 1 N–H and O–H groups in total. The number of carbonyl (C=O) groups excluding carboxylic acids is 1. The minimum absolute atomic E-state index is 0.0635. The Morgan fingerprint density at radius 3 is 2.52 bits per heavy atom. The summed E-state index contributed by atoms with van der Waals surface area (Å²) in [7, 11) is 0. The van der Waals surface area contributed by atoms with Gasteiger partial charge in [-0.15, -0.1) is 0 Å². The van der Waals surface area contributed by atoms with Crippen LogP contribution in [0.4, 0.5) is 5.69 Å². The Balaban J connectivity index is 1.63. The molecule has 0 unspecified atom stereocenters. The third-order valence-electron chi connectivity index (χ3n) is 4.98. The Kier molecular flexibility index (Phi) is 5.63. The van der Waals surface area contributed by atoms with Crippen molar-refractivity contribution >= 4 is 34.2 Å². The molecule has 0 atom stereocenters. The summed E-state index contributed by atoms with van der Waals surface area (Å²) >= 11 is 6.01. The van der Waals surface area contributed by atoms with Crippen LogP contribution in [0.2, 0.25) is 5.02 Å². The van der Waals surface area contributed by atoms with Crippen molar-refractivity contribution in [2.75, 3.05) is 5.32 Å². The number of carbonyl (C=O) groups is 1. The van der Waals surface area contributed by atoms with Gasteiger partial charge in [0.2, 0.25) is 5.91 Å². The van der Waals surface area contributed by atoms with E-state index in [9.17, 15) is 4.79 Å². The summed E-state index contributed by atoms with van der Waals surface area (Å²) in [6.45, 7) is 2.29. The van der Waals surface area contributed by atoms with E-state index < -0.39 is 0 Å². The summed E-state index contributed by atoms with van der Waals surface area (Å²) in [4.78, 5) is 17.6. The van der Waals surface area contributed by atoms with Gasteiger partial charge in [-0.05, 0) is 47.9 Å². The minimum Gasteiger partial charge on any atom is -0.324 e. The van der Waals surface area contributed by atoms with Gasteiger partial charge < -0.3 is 9.88 Å². The first-order chi connectivity index (χ1) is 14.1. The number of nitrogens with zero attached hydrogens (tertiary/aromatic N) is 2. The van der Waals surface area contributed by atoms with Gasteiger partial charge >= 0.3 is 0 Å². The molecule has 4 aromatic rings. The molecule has 3 aromatic carbocycles. The quantitative estimate of drug-likeness (QED) is 0.463. The number of nitrogens with one attached hydrogen (secondary N) is 1. The summed E-state index contributed by atoms with van der Waals surface area (Å²) < 4.78 is 1.99. The molecule has 146 valence electrons. The molecule has 0 aliphatic heterocycles. The number of fused-ring (bicyclic) bond motifs is 1. The highest BCUT2D eigenvalue weighted by Gasteiger charge is 2.15. The molecule has 0 radical (unpaired) electrons. The Hall–Kier alpha value is -3.11. The van der Waals surface area contributed by atoms with Crippen LogP contribution in [0.25, 0.3) is 11.0 Å². The van der Waals surface area contributed by atoms with Crippen LogP contribution in [0.15, 0.2) is 72.8 Å². The number of anilines is 1. The van der Waals surface area contributed by atoms with Crippen molar-refractivity contribution in [1.29, 1.82) is 0 Å². The normalized spacial score (nSPS) is 11.0. The summed E-state index contributed by atoms with van der Waals surface area (Å²) in [5.74, 6) is 0.791. The van der Waals surface area contributed by atoms with E-state index in [0.29, 0.717) is 11.4 Å². The fourth-order valence-electron chi connectivity index (χ4n) is 3.51. The van der Waals surface area contributed by atoms with Crippen LogP contribution in [0, 0.1) is 0 Å². The Labute approximate surface area is 175 Å². The summed E-state index contributed by atoms with van der Waals surface area (Å²) in [5, 5.41) is 3.76. The Morgan fingerprint density at radius 1 is 1.00 bits per heavy atom. The van der Waals surface area contributed by atoms with Crippen LogP contribution >= 0.6 is 11.6 Å². The fraction of sp³-hybridized carbons (Fsp3) is 0.167. The number of rotatable bonds is 6. The monoisotopic (exact) mass is 403 g/mol. The second-order valence-corrected chi connectivity index (χ2v) is 7.40. The van der Waals surface area contributed by atoms with Crippen molar-refractivity contribution in [1.82, 2.24) is 9.55 Å². The van der Waals surface area contributed by atoms with E-state index in [1.54, 1.807) is 0 Å². The number of imidazole rings is 1. The standard InChI is InChI=1S/C24H22ClN3O/c1-2-18-7-3-4-8-20(18)27-24(29)16-28-22-10-6-5-9-21(22)26-23(28)15-17-11-13-19(25)14-12-17/h3-14H,2,15-16H2,1H3,(H,27,29). The molecule has 0 saturated heterocycles. The van der Waals surface area contributed by atoms with Gasteiger partial charge in [-0.3, -0.25) is 4.79 Å². The molecule has 0 bridgehead atoms. The van der Waals surface area contributed by atoms with E-state index in [0.717, 1.165) is 40.1 Å². The Morgan fingerprint density at radius 2 is 1.72 bits per heavy atom. The topological polar surface area (TPSA) is 46.9 Å². The zero-order valence-electron chi connectivity index (χ0n) is 16.2. The molecule has 1 aromatic heterocycles. The number of aromatic nitrogens is 2. The first kappa shape index (κ1) is 19.2. The van der Waals surface area contributed by atoms with Crippen LogP contribution in [-0.2, 0) is 24.2 Å². The predicted octanol–water partition coefficient (Wildman–Crippen LogP) is 5.48. The van der Waals surface area contributed by atoms with Crippen LogP contribution in [0.3, 0.4) is 0 Å². The fourth-order valence-corrected chi connectivity index (χ4v) is 3.63. The number of aryl methyl sites for hydroxylation is 1. The smallest absolute Gasteiger partial charge is 0.244 e. The zero-order valence-corrected chi connectivity index (χ0v) is 17.0. The second-order valence-electron chi connectivity index (χ2n) is 6.97. The van der Waals surface area contributed by atoms with E-state index in [1.807, 2.05) is 77.4 Å². The van der Waals surface area contributed by atoms with Crippen molar-refractivity contribution in [2.24, 2.45) is 0 Å². The van der Waals surface area contributed by atoms with Crippen LogP contribution in [-0.4, -0.2) is 15.5 Å². The highest BCUT2D eigenvalue weighted by molar-refractivity contribution is 6.30. The lowest BCUT2D eigenvalue weighted by atomic mass is 10.1. The highest BCUT2D eigenvalue weighted by Crippen LogP contribution is 2.21. The van der Waals surface area contributed by atoms with Crippen molar-refractivity contribution < 1.29 is 4.79 Å². The first-order valence-corrected chi connectivity index (χ1v) is 10.1. The number of halogens is 1. The van der Waals surface area contributed by atoms with Gasteiger partial charge in [-0.2, -0.15) is 0 Å². The number of benzene rings is 3. The van der Waals surface area contributed by atoms with E-state index in [-0.39, 0.29) is 12.5 Å². The molecule has 0 aliphatic rings. The molecule has 29 heavy (non-hydrogen) atoms. The van der Waals surface area contributed by atoms with Gasteiger partial charge in [-0.25, -0.2) is 4.98 Å². The molecular weight excluding hydrogens is 382 g/mol. The van der Waals surface area contributed by atoms with Crippen molar-refractivity contribution in [3.63, 3.8) is 0 Å². The van der Waals surface area contributed by atoms with Gasteiger partial charge in [0.15, 0.2) is 0 Å². The number of hydrogen-bond donors (Lipinski definition) is 1. The van der Waals surface area contributed by atoms with E-state index >= 15 is 0 Å². The lowest BCUT2D eigenvalue weighted by molar-refractivity contribution is -0.116. The van der Waals surface area contributed by atoms with Gasteiger partial charge in [0.1, 0.15) is 12.4 Å². The number of hydrogen-bond acceptors (Lipinski definition) is 2. The SMILES string of the molecule is CCc1ccccc1NC(=O)Cn1c(Cc2ccc(Cl)cc2)nc2ccccc21. The van der Waals surface area contributed by atoms with Crippen LogP contribution in [0.5, 0.6) is 0 Å². The van der Waals surface area contributed by atoms with Crippen LogP contribution < -0.4 is 5.32 Å². The Bertz CT molecular complexity index is 1150. The average Bonchev–Trinajstić information content (AvgIpc) is 3.07. The molecule has 0 fully saturated rings.